The number of benzene rings is 2. The Labute approximate surface area is 118 Å². The third-order valence-electron chi connectivity index (χ3n) is 2.59. The minimum atomic E-state index is -0.0433. The first-order valence-electron chi connectivity index (χ1n) is 5.45. The Hall–Kier alpha value is -2.08. The van der Waals surface area contributed by atoms with E-state index in [1.165, 1.54) is 24.3 Å². The molecule has 0 unspecified atom stereocenters. The molecule has 0 heterocycles. The van der Waals surface area contributed by atoms with E-state index in [4.69, 9.17) is 0 Å². The third kappa shape index (κ3) is 3.03. The fourth-order valence-corrected chi connectivity index (χ4v) is 2.09. The van der Waals surface area contributed by atoms with Gasteiger partial charge in [0.25, 0.3) is 0 Å². The van der Waals surface area contributed by atoms with E-state index in [0.29, 0.717) is 15.5 Å². The van der Waals surface area contributed by atoms with Crippen LogP contribution in [0.5, 0.6) is 23.0 Å². The summed E-state index contributed by atoms with van der Waals surface area (Å²) in [5.41, 5.74) is 1.17. The monoisotopic (exact) mass is 317 g/mol. The number of rotatable bonds is 2. The van der Waals surface area contributed by atoms with Crippen molar-refractivity contribution in [1.29, 1.82) is 0 Å². The van der Waals surface area contributed by atoms with Crippen molar-refractivity contribution in [3.05, 3.63) is 41.5 Å². The molecule has 0 aliphatic rings. The molecule has 0 amide bonds. The van der Waals surface area contributed by atoms with Crippen LogP contribution in [0.2, 0.25) is 0 Å². The predicted molar refractivity (Wildman–Crippen MR) is 73.9 cm³/mol. The molecular formula is C14H11GeO4. The fraction of sp³-hybridized carbons (Fsp3) is 0. The molecule has 0 saturated heterocycles. The Morgan fingerprint density at radius 2 is 1.37 bits per heavy atom. The van der Waals surface area contributed by atoms with Gasteiger partial charge in [-0.05, 0) is 0 Å². The van der Waals surface area contributed by atoms with Crippen molar-refractivity contribution in [2.75, 3.05) is 0 Å². The standard InChI is InChI=1S/C14H11GeO4/c15-14-9(5-11(17)7-13(14)19)2-1-8-3-4-10(16)6-12(8)18/h1-7,16-19H/b2-1+. The summed E-state index contributed by atoms with van der Waals surface area (Å²) in [6.45, 7) is 0. The summed E-state index contributed by atoms with van der Waals surface area (Å²) in [7, 11) is 0. The maximum absolute atomic E-state index is 9.64. The summed E-state index contributed by atoms with van der Waals surface area (Å²) in [6, 6.07) is 7.06. The first-order valence-corrected chi connectivity index (χ1v) is 6.50. The number of hydrogen-bond acceptors (Lipinski definition) is 4. The molecule has 0 aliphatic carbocycles. The molecular weight excluding hydrogens is 305 g/mol. The molecule has 3 radical (unpaired) electrons. The van der Waals surface area contributed by atoms with Gasteiger partial charge in [0, 0.05) is 0 Å². The Bertz CT molecular complexity index is 650. The molecule has 0 spiro atoms. The molecule has 2 aromatic carbocycles. The first kappa shape index (κ1) is 13.4. The fourth-order valence-electron chi connectivity index (χ4n) is 1.62. The molecule has 2 rings (SSSR count). The number of phenols is 4. The van der Waals surface area contributed by atoms with Crippen molar-refractivity contribution >= 4 is 33.1 Å². The zero-order valence-electron chi connectivity index (χ0n) is 9.83. The molecule has 0 bridgehead atoms. The molecule has 0 aromatic heterocycles. The third-order valence-corrected chi connectivity index (χ3v) is 3.73. The van der Waals surface area contributed by atoms with Crippen LogP contribution >= 0.6 is 0 Å². The summed E-state index contributed by atoms with van der Waals surface area (Å²) in [6.07, 6.45) is 3.30. The molecule has 0 aliphatic heterocycles. The summed E-state index contributed by atoms with van der Waals surface area (Å²) in [5, 5.41) is 37.9. The van der Waals surface area contributed by atoms with Gasteiger partial charge in [-0.2, -0.15) is 0 Å². The summed E-state index contributed by atoms with van der Waals surface area (Å²) >= 11 is 1.73. The topological polar surface area (TPSA) is 80.9 Å². The van der Waals surface area contributed by atoms with Gasteiger partial charge < -0.3 is 0 Å². The van der Waals surface area contributed by atoms with Gasteiger partial charge in [-0.1, -0.05) is 0 Å². The van der Waals surface area contributed by atoms with Crippen LogP contribution in [0, 0.1) is 0 Å². The van der Waals surface area contributed by atoms with Crippen LogP contribution in [-0.2, 0) is 0 Å². The average Bonchev–Trinajstić information content (AvgIpc) is 2.33. The molecule has 2 aromatic rings. The zero-order chi connectivity index (χ0) is 14.0. The van der Waals surface area contributed by atoms with Gasteiger partial charge in [0.1, 0.15) is 0 Å². The van der Waals surface area contributed by atoms with Gasteiger partial charge in [0.05, 0.1) is 0 Å². The van der Waals surface area contributed by atoms with Gasteiger partial charge in [-0.15, -0.1) is 0 Å². The Morgan fingerprint density at radius 1 is 0.737 bits per heavy atom. The Balaban J connectivity index is 2.38. The molecule has 0 saturated carbocycles. The SMILES string of the molecule is Oc1ccc(/C=C/c2cc(O)cc(O)[c]2[Ge])c(O)c1. The quantitative estimate of drug-likeness (QED) is 0.500. The van der Waals surface area contributed by atoms with E-state index in [1.54, 1.807) is 34.7 Å². The van der Waals surface area contributed by atoms with Crippen LogP contribution in [-0.4, -0.2) is 36.9 Å². The molecule has 4 N–H and O–H groups in total. The predicted octanol–water partition coefficient (Wildman–Crippen LogP) is 1.47. The molecule has 4 nitrogen and oxygen atoms in total. The average molecular weight is 316 g/mol. The second kappa shape index (κ2) is 5.28. The molecule has 5 heteroatoms. The van der Waals surface area contributed by atoms with Crippen molar-refractivity contribution in [1.82, 2.24) is 0 Å². The van der Waals surface area contributed by atoms with Gasteiger partial charge in [-0.3, -0.25) is 0 Å². The van der Waals surface area contributed by atoms with Crippen molar-refractivity contribution in [3.8, 4) is 23.0 Å². The van der Waals surface area contributed by atoms with Crippen LogP contribution < -0.4 is 4.40 Å². The van der Waals surface area contributed by atoms with Crippen LogP contribution in [0.15, 0.2) is 30.3 Å². The maximum atomic E-state index is 9.64. The molecule has 0 fully saturated rings. The van der Waals surface area contributed by atoms with Crippen molar-refractivity contribution in [3.63, 3.8) is 0 Å². The van der Waals surface area contributed by atoms with Crippen molar-refractivity contribution < 1.29 is 20.4 Å². The van der Waals surface area contributed by atoms with Crippen molar-refractivity contribution in [2.45, 2.75) is 0 Å². The van der Waals surface area contributed by atoms with Crippen LogP contribution in [0.4, 0.5) is 0 Å². The van der Waals surface area contributed by atoms with E-state index in [-0.39, 0.29) is 23.0 Å². The van der Waals surface area contributed by atoms with E-state index in [1.807, 2.05) is 0 Å². The second-order valence-corrected chi connectivity index (χ2v) is 5.05. The summed E-state index contributed by atoms with van der Waals surface area (Å²) < 4.78 is 0.632. The van der Waals surface area contributed by atoms with Crippen LogP contribution in [0.25, 0.3) is 12.2 Å². The van der Waals surface area contributed by atoms with E-state index in [0.717, 1.165) is 0 Å². The van der Waals surface area contributed by atoms with E-state index in [2.05, 4.69) is 0 Å². The van der Waals surface area contributed by atoms with Crippen molar-refractivity contribution in [2.24, 2.45) is 0 Å². The Morgan fingerprint density at radius 3 is 2.05 bits per heavy atom. The molecule has 0 atom stereocenters. The zero-order valence-corrected chi connectivity index (χ0v) is 11.9. The van der Waals surface area contributed by atoms with Crippen LogP contribution in [0.1, 0.15) is 11.1 Å². The molecule has 19 heavy (non-hydrogen) atoms. The summed E-state index contributed by atoms with van der Waals surface area (Å²) in [4.78, 5) is 0. The van der Waals surface area contributed by atoms with Crippen LogP contribution in [0.3, 0.4) is 0 Å². The second-order valence-electron chi connectivity index (χ2n) is 4.01. The van der Waals surface area contributed by atoms with Gasteiger partial charge >= 0.3 is 118 Å². The van der Waals surface area contributed by atoms with Gasteiger partial charge in [0.2, 0.25) is 0 Å². The van der Waals surface area contributed by atoms with E-state index >= 15 is 0 Å². The summed E-state index contributed by atoms with van der Waals surface area (Å²) in [5.74, 6) is -0.0774. The number of hydrogen-bond donors (Lipinski definition) is 4. The van der Waals surface area contributed by atoms with E-state index < -0.39 is 0 Å². The normalized spacial score (nSPS) is 11.0. The first-order chi connectivity index (χ1) is 8.97. The minimum absolute atomic E-state index is 0.00887. The van der Waals surface area contributed by atoms with Gasteiger partial charge in [0.15, 0.2) is 0 Å². The number of phenolic OH excluding ortho intramolecular Hbond substituents is 4. The van der Waals surface area contributed by atoms with Gasteiger partial charge in [-0.25, -0.2) is 0 Å². The number of aromatic hydroxyl groups is 4. The molecule has 95 valence electrons. The van der Waals surface area contributed by atoms with E-state index in [9.17, 15) is 20.4 Å². The Kier molecular flexibility index (Phi) is 3.71.